The molecule has 1 amide bonds. The van der Waals surface area contributed by atoms with Gasteiger partial charge in [-0.25, -0.2) is 0 Å². The minimum absolute atomic E-state index is 0.0224. The number of carbonyl (C=O) groups is 1. The summed E-state index contributed by atoms with van der Waals surface area (Å²) in [6.07, 6.45) is 0.779. The van der Waals surface area contributed by atoms with E-state index in [1.54, 1.807) is 18.2 Å². The molecule has 1 aliphatic heterocycles. The smallest absolute Gasteiger partial charge is 0.224 e. The van der Waals surface area contributed by atoms with E-state index in [1.807, 2.05) is 0 Å². The summed E-state index contributed by atoms with van der Waals surface area (Å²) in [6.45, 7) is 1.10. The van der Waals surface area contributed by atoms with E-state index < -0.39 is 0 Å². The van der Waals surface area contributed by atoms with Gasteiger partial charge in [-0.3, -0.25) is 4.79 Å². The first-order valence-electron chi connectivity index (χ1n) is 5.60. The highest BCUT2D eigenvalue weighted by Crippen LogP contribution is 2.32. The minimum Gasteiger partial charge on any atom is -0.486 e. The van der Waals surface area contributed by atoms with Gasteiger partial charge in [0.15, 0.2) is 11.5 Å². The van der Waals surface area contributed by atoms with E-state index >= 15 is 0 Å². The lowest BCUT2D eigenvalue weighted by Crippen LogP contribution is -2.16. The molecular formula is C12H15NO4. The Labute approximate surface area is 99.3 Å². The molecule has 2 rings (SSSR count). The van der Waals surface area contributed by atoms with Gasteiger partial charge in [0.05, 0.1) is 0 Å². The van der Waals surface area contributed by atoms with Crippen LogP contribution >= 0.6 is 0 Å². The molecule has 0 fully saturated rings. The molecule has 0 saturated carbocycles. The third-order valence-corrected chi connectivity index (χ3v) is 2.39. The van der Waals surface area contributed by atoms with Crippen LogP contribution < -0.4 is 14.8 Å². The van der Waals surface area contributed by atoms with Gasteiger partial charge in [0.1, 0.15) is 13.2 Å². The Morgan fingerprint density at radius 3 is 2.82 bits per heavy atom. The van der Waals surface area contributed by atoms with Gasteiger partial charge in [-0.2, -0.15) is 0 Å². The highest BCUT2D eigenvalue weighted by molar-refractivity contribution is 5.91. The maximum atomic E-state index is 11.4. The average Bonchev–Trinajstić information content (AvgIpc) is 2.36. The van der Waals surface area contributed by atoms with E-state index in [1.165, 1.54) is 0 Å². The number of aliphatic hydroxyl groups excluding tert-OH is 1. The predicted octanol–water partition coefficient (Wildman–Crippen LogP) is 1.17. The van der Waals surface area contributed by atoms with Crippen LogP contribution in [0.15, 0.2) is 18.2 Å². The van der Waals surface area contributed by atoms with Gasteiger partial charge >= 0.3 is 0 Å². The van der Waals surface area contributed by atoms with Crippen LogP contribution in [-0.2, 0) is 4.79 Å². The van der Waals surface area contributed by atoms with E-state index in [9.17, 15) is 4.79 Å². The van der Waals surface area contributed by atoms with Crippen molar-refractivity contribution in [3.63, 3.8) is 0 Å². The molecule has 5 heteroatoms. The minimum atomic E-state index is -0.115. The Bertz CT molecular complexity index is 405. The summed E-state index contributed by atoms with van der Waals surface area (Å²) in [7, 11) is 0. The quantitative estimate of drug-likeness (QED) is 0.824. The fraction of sp³-hybridized carbons (Fsp3) is 0.417. The molecule has 0 radical (unpaired) electrons. The average molecular weight is 237 g/mol. The monoisotopic (exact) mass is 237 g/mol. The van der Waals surface area contributed by atoms with Crippen molar-refractivity contribution in [1.82, 2.24) is 0 Å². The van der Waals surface area contributed by atoms with Gasteiger partial charge in [0.2, 0.25) is 5.91 Å². The number of fused-ring (bicyclic) bond motifs is 1. The first-order chi connectivity index (χ1) is 8.29. The molecule has 0 spiro atoms. The number of nitrogens with one attached hydrogen (secondary N) is 1. The molecule has 1 aromatic carbocycles. The normalized spacial score (nSPS) is 13.2. The van der Waals surface area contributed by atoms with Crippen molar-refractivity contribution in [1.29, 1.82) is 0 Å². The van der Waals surface area contributed by atoms with Crippen LogP contribution in [0.5, 0.6) is 11.5 Å². The lowest BCUT2D eigenvalue weighted by Gasteiger charge is -2.18. The number of carbonyl (C=O) groups excluding carboxylic acids is 1. The number of aliphatic hydroxyl groups is 1. The van der Waals surface area contributed by atoms with Gasteiger partial charge in [-0.15, -0.1) is 0 Å². The molecule has 0 aliphatic carbocycles. The Morgan fingerprint density at radius 2 is 2.06 bits per heavy atom. The van der Waals surface area contributed by atoms with E-state index in [0.717, 1.165) is 0 Å². The van der Waals surface area contributed by atoms with Crippen molar-refractivity contribution in [2.24, 2.45) is 0 Å². The molecular weight excluding hydrogens is 222 g/mol. The Kier molecular flexibility index (Phi) is 3.82. The van der Waals surface area contributed by atoms with Gasteiger partial charge in [0.25, 0.3) is 0 Å². The van der Waals surface area contributed by atoms with Crippen molar-refractivity contribution in [3.05, 3.63) is 18.2 Å². The molecule has 0 unspecified atom stereocenters. The summed E-state index contributed by atoms with van der Waals surface area (Å²) in [4.78, 5) is 11.4. The van der Waals surface area contributed by atoms with E-state index in [0.29, 0.717) is 43.2 Å². The second-order valence-corrected chi connectivity index (χ2v) is 3.73. The molecule has 0 atom stereocenters. The van der Waals surface area contributed by atoms with Crippen LogP contribution in [0.3, 0.4) is 0 Å². The van der Waals surface area contributed by atoms with Gasteiger partial charge in [0, 0.05) is 24.8 Å². The first kappa shape index (κ1) is 11.7. The maximum Gasteiger partial charge on any atom is 0.224 e. The second kappa shape index (κ2) is 5.54. The summed E-state index contributed by atoms with van der Waals surface area (Å²) in [5.41, 5.74) is 0.678. The molecule has 0 bridgehead atoms. The molecule has 0 saturated heterocycles. The lowest BCUT2D eigenvalue weighted by atomic mass is 10.2. The standard InChI is InChI=1S/C12H15NO4/c14-5-1-2-12(15)13-9-3-4-10-11(8-9)17-7-6-16-10/h3-4,8,14H,1-2,5-7H2,(H,13,15). The van der Waals surface area contributed by atoms with Crippen molar-refractivity contribution >= 4 is 11.6 Å². The third kappa shape index (κ3) is 3.10. The Hall–Kier alpha value is -1.75. The van der Waals surface area contributed by atoms with Crippen LogP contribution in [0.2, 0.25) is 0 Å². The zero-order valence-corrected chi connectivity index (χ0v) is 9.44. The van der Waals surface area contributed by atoms with Crippen LogP contribution in [0.4, 0.5) is 5.69 Å². The number of rotatable bonds is 4. The summed E-state index contributed by atoms with van der Waals surface area (Å²) in [5, 5.41) is 11.4. The van der Waals surface area contributed by atoms with Crippen molar-refractivity contribution < 1.29 is 19.4 Å². The van der Waals surface area contributed by atoms with Crippen molar-refractivity contribution in [2.45, 2.75) is 12.8 Å². The number of anilines is 1. The summed E-state index contributed by atoms with van der Waals surface area (Å²) < 4.78 is 10.8. The Balaban J connectivity index is 1.99. The number of hydrogen-bond donors (Lipinski definition) is 2. The molecule has 2 N–H and O–H groups in total. The van der Waals surface area contributed by atoms with Crippen LogP contribution in [-0.4, -0.2) is 30.8 Å². The molecule has 1 heterocycles. The summed E-state index contributed by atoms with van der Waals surface area (Å²) in [6, 6.07) is 5.28. The first-order valence-corrected chi connectivity index (χ1v) is 5.60. The molecule has 92 valence electrons. The third-order valence-electron chi connectivity index (χ3n) is 2.39. The van der Waals surface area contributed by atoms with Gasteiger partial charge < -0.3 is 19.9 Å². The van der Waals surface area contributed by atoms with Crippen LogP contribution in [0.25, 0.3) is 0 Å². The number of amides is 1. The van der Waals surface area contributed by atoms with E-state index in [4.69, 9.17) is 14.6 Å². The number of ether oxygens (including phenoxy) is 2. The molecule has 5 nitrogen and oxygen atoms in total. The fourth-order valence-corrected chi connectivity index (χ4v) is 1.58. The summed E-state index contributed by atoms with van der Waals surface area (Å²) in [5.74, 6) is 1.23. The largest absolute Gasteiger partial charge is 0.486 e. The van der Waals surface area contributed by atoms with Crippen LogP contribution in [0, 0.1) is 0 Å². The zero-order chi connectivity index (χ0) is 12.1. The molecule has 0 aromatic heterocycles. The van der Waals surface area contributed by atoms with E-state index in [2.05, 4.69) is 5.32 Å². The topological polar surface area (TPSA) is 67.8 Å². The second-order valence-electron chi connectivity index (χ2n) is 3.73. The maximum absolute atomic E-state index is 11.4. The Morgan fingerprint density at radius 1 is 1.29 bits per heavy atom. The lowest BCUT2D eigenvalue weighted by molar-refractivity contribution is -0.116. The van der Waals surface area contributed by atoms with Gasteiger partial charge in [-0.1, -0.05) is 0 Å². The molecule has 1 aliphatic rings. The van der Waals surface area contributed by atoms with Crippen molar-refractivity contribution in [2.75, 3.05) is 25.1 Å². The van der Waals surface area contributed by atoms with E-state index in [-0.39, 0.29) is 12.5 Å². The fourth-order valence-electron chi connectivity index (χ4n) is 1.58. The highest BCUT2D eigenvalue weighted by Gasteiger charge is 2.12. The summed E-state index contributed by atoms with van der Waals surface area (Å²) >= 11 is 0. The SMILES string of the molecule is O=C(CCCO)Nc1ccc2c(c1)OCCO2. The number of benzene rings is 1. The molecule has 17 heavy (non-hydrogen) atoms. The highest BCUT2D eigenvalue weighted by atomic mass is 16.6. The number of hydrogen-bond acceptors (Lipinski definition) is 4. The van der Waals surface area contributed by atoms with Crippen LogP contribution in [0.1, 0.15) is 12.8 Å². The van der Waals surface area contributed by atoms with Gasteiger partial charge in [-0.05, 0) is 18.6 Å². The molecule has 1 aromatic rings. The van der Waals surface area contributed by atoms with Crippen molar-refractivity contribution in [3.8, 4) is 11.5 Å². The zero-order valence-electron chi connectivity index (χ0n) is 9.44. The predicted molar refractivity (Wildman–Crippen MR) is 62.4 cm³/mol.